The van der Waals surface area contributed by atoms with E-state index in [1.165, 1.54) is 0 Å². The second kappa shape index (κ2) is 5.41. The number of hydrogen-bond acceptors (Lipinski definition) is 5. The number of nitrogens with two attached hydrogens (primary N) is 1. The van der Waals surface area contributed by atoms with Crippen LogP contribution in [0.25, 0.3) is 0 Å². The molecule has 1 atom stereocenters. The predicted octanol–water partition coefficient (Wildman–Crippen LogP) is 0.814. The number of nitrogens with one attached hydrogen (secondary N) is 2. The van der Waals surface area contributed by atoms with Gasteiger partial charge in [0.1, 0.15) is 11.6 Å². The van der Waals surface area contributed by atoms with Gasteiger partial charge in [-0.05, 0) is 19.1 Å². The normalized spacial score (nSPS) is 12.2. The van der Waals surface area contributed by atoms with Gasteiger partial charge >= 0.3 is 0 Å². The second-order valence-electron chi connectivity index (χ2n) is 3.05. The van der Waals surface area contributed by atoms with Gasteiger partial charge in [-0.2, -0.15) is 0 Å². The van der Waals surface area contributed by atoms with Crippen molar-refractivity contribution in [2.45, 2.75) is 13.0 Å². The van der Waals surface area contributed by atoms with E-state index in [1.807, 2.05) is 19.1 Å². The van der Waals surface area contributed by atoms with Crippen molar-refractivity contribution in [1.82, 2.24) is 4.98 Å². The smallest absolute Gasteiger partial charge is 0.142 e. The number of hydrazine groups is 1. The predicted molar refractivity (Wildman–Crippen MR) is 57.0 cm³/mol. The molecule has 5 heteroatoms. The summed E-state index contributed by atoms with van der Waals surface area (Å²) in [5.41, 5.74) is 2.49. The van der Waals surface area contributed by atoms with Gasteiger partial charge in [-0.3, -0.25) is 0 Å². The van der Waals surface area contributed by atoms with E-state index in [0.29, 0.717) is 12.4 Å². The molecule has 0 aliphatic rings. The fourth-order valence-electron chi connectivity index (χ4n) is 1.14. The zero-order valence-electron chi connectivity index (χ0n) is 8.45. The number of rotatable bonds is 5. The maximum Gasteiger partial charge on any atom is 0.142 e. The van der Waals surface area contributed by atoms with Gasteiger partial charge in [0.15, 0.2) is 0 Å². The van der Waals surface area contributed by atoms with Crippen molar-refractivity contribution in [3.63, 3.8) is 0 Å². The third kappa shape index (κ3) is 3.20. The molecule has 0 spiro atoms. The van der Waals surface area contributed by atoms with Gasteiger partial charge in [-0.15, -0.1) is 0 Å². The molecule has 5 nitrogen and oxygen atoms in total. The molecule has 0 bridgehead atoms. The molecule has 4 N–H and O–H groups in total. The molecule has 1 rings (SSSR count). The first-order chi connectivity index (χ1) is 6.76. The zero-order chi connectivity index (χ0) is 10.4. The molecule has 1 unspecified atom stereocenters. The van der Waals surface area contributed by atoms with Crippen LogP contribution in [-0.4, -0.2) is 24.7 Å². The van der Waals surface area contributed by atoms with Crippen LogP contribution in [0.2, 0.25) is 0 Å². The molecule has 14 heavy (non-hydrogen) atoms. The Hall–Kier alpha value is -1.33. The highest BCUT2D eigenvalue weighted by atomic mass is 16.5. The van der Waals surface area contributed by atoms with E-state index in [-0.39, 0.29) is 6.04 Å². The Kier molecular flexibility index (Phi) is 4.15. The molecule has 0 aliphatic heterocycles. The molecule has 1 heterocycles. The van der Waals surface area contributed by atoms with Crippen molar-refractivity contribution in [3.8, 4) is 0 Å². The van der Waals surface area contributed by atoms with Crippen LogP contribution in [0.3, 0.4) is 0 Å². The largest absolute Gasteiger partial charge is 0.383 e. The fraction of sp³-hybridized carbons (Fsp3) is 0.444. The average molecular weight is 196 g/mol. The first-order valence-electron chi connectivity index (χ1n) is 4.45. The van der Waals surface area contributed by atoms with Crippen LogP contribution in [0.1, 0.15) is 6.92 Å². The first-order valence-corrected chi connectivity index (χ1v) is 4.45. The van der Waals surface area contributed by atoms with Gasteiger partial charge in [0.25, 0.3) is 0 Å². The summed E-state index contributed by atoms with van der Waals surface area (Å²) in [6.45, 7) is 2.66. The highest BCUT2D eigenvalue weighted by molar-refractivity contribution is 5.44. The van der Waals surface area contributed by atoms with E-state index in [2.05, 4.69) is 15.7 Å². The van der Waals surface area contributed by atoms with Crippen molar-refractivity contribution in [3.05, 3.63) is 18.2 Å². The lowest BCUT2D eigenvalue weighted by molar-refractivity contribution is 0.190. The monoisotopic (exact) mass is 196 g/mol. The Morgan fingerprint density at radius 1 is 1.50 bits per heavy atom. The van der Waals surface area contributed by atoms with Crippen molar-refractivity contribution in [2.24, 2.45) is 5.84 Å². The van der Waals surface area contributed by atoms with Crippen LogP contribution in [0, 0.1) is 0 Å². The minimum Gasteiger partial charge on any atom is -0.383 e. The van der Waals surface area contributed by atoms with Gasteiger partial charge in [0, 0.05) is 13.2 Å². The molecule has 0 amide bonds. The SMILES string of the molecule is COCC(C)Nc1cccc(NN)n1. The molecule has 1 aromatic rings. The molecule has 0 saturated carbocycles. The molecular weight excluding hydrogens is 180 g/mol. The maximum absolute atomic E-state index is 5.24. The zero-order valence-corrected chi connectivity index (χ0v) is 8.45. The number of pyridine rings is 1. The fourth-order valence-corrected chi connectivity index (χ4v) is 1.14. The summed E-state index contributed by atoms with van der Waals surface area (Å²) in [6.07, 6.45) is 0. The molecule has 0 aliphatic carbocycles. The number of hydrogen-bond donors (Lipinski definition) is 3. The van der Waals surface area contributed by atoms with Crippen LogP contribution in [-0.2, 0) is 4.74 Å². The Morgan fingerprint density at radius 3 is 2.86 bits per heavy atom. The maximum atomic E-state index is 5.24. The Bertz CT molecular complexity index is 279. The van der Waals surface area contributed by atoms with Crippen molar-refractivity contribution < 1.29 is 4.74 Å². The minimum absolute atomic E-state index is 0.223. The summed E-state index contributed by atoms with van der Waals surface area (Å²) in [5, 5.41) is 3.19. The summed E-state index contributed by atoms with van der Waals surface area (Å²) in [4.78, 5) is 4.21. The Morgan fingerprint density at radius 2 is 2.21 bits per heavy atom. The summed E-state index contributed by atoms with van der Waals surface area (Å²) >= 11 is 0. The van der Waals surface area contributed by atoms with Crippen LogP contribution in [0.4, 0.5) is 11.6 Å². The number of anilines is 2. The van der Waals surface area contributed by atoms with Gasteiger partial charge in [0.05, 0.1) is 6.61 Å². The Labute approximate surface area is 83.6 Å². The summed E-state index contributed by atoms with van der Waals surface area (Å²) in [6, 6.07) is 5.78. The Balaban J connectivity index is 2.57. The third-order valence-electron chi connectivity index (χ3n) is 1.71. The lowest BCUT2D eigenvalue weighted by Crippen LogP contribution is -2.21. The molecule has 0 fully saturated rings. The van der Waals surface area contributed by atoms with Gasteiger partial charge in [0.2, 0.25) is 0 Å². The van der Waals surface area contributed by atoms with E-state index >= 15 is 0 Å². The number of ether oxygens (including phenoxy) is 1. The third-order valence-corrected chi connectivity index (χ3v) is 1.71. The molecule has 0 radical (unpaired) electrons. The van der Waals surface area contributed by atoms with Crippen molar-refractivity contribution in [2.75, 3.05) is 24.5 Å². The molecule has 0 aromatic carbocycles. The number of nitrogen functional groups attached to an aromatic ring is 1. The number of aromatic nitrogens is 1. The van der Waals surface area contributed by atoms with Crippen LogP contribution in [0.5, 0.6) is 0 Å². The lowest BCUT2D eigenvalue weighted by Gasteiger charge is -2.13. The standard InChI is InChI=1S/C9H16N4O/c1-7(6-14-2)11-8-4-3-5-9(12-8)13-10/h3-5,7H,6,10H2,1-2H3,(H2,11,12,13). The molecule has 78 valence electrons. The van der Waals surface area contributed by atoms with E-state index in [0.717, 1.165) is 5.82 Å². The highest BCUT2D eigenvalue weighted by Crippen LogP contribution is 2.08. The van der Waals surface area contributed by atoms with Gasteiger partial charge in [-0.25, -0.2) is 10.8 Å². The van der Waals surface area contributed by atoms with E-state index in [9.17, 15) is 0 Å². The molecule has 1 aromatic heterocycles. The minimum atomic E-state index is 0.223. The summed E-state index contributed by atoms with van der Waals surface area (Å²) < 4.78 is 5.00. The second-order valence-corrected chi connectivity index (χ2v) is 3.05. The van der Waals surface area contributed by atoms with Crippen molar-refractivity contribution in [1.29, 1.82) is 0 Å². The quantitative estimate of drug-likeness (QED) is 0.480. The van der Waals surface area contributed by atoms with Crippen LogP contribution < -0.4 is 16.6 Å². The van der Waals surface area contributed by atoms with Crippen LogP contribution >= 0.6 is 0 Å². The first kappa shape index (κ1) is 10.7. The number of methoxy groups -OCH3 is 1. The van der Waals surface area contributed by atoms with Gasteiger partial charge < -0.3 is 15.5 Å². The summed E-state index contributed by atoms with van der Waals surface area (Å²) in [7, 11) is 1.67. The topological polar surface area (TPSA) is 72.2 Å². The molecule has 0 saturated heterocycles. The summed E-state index contributed by atoms with van der Waals surface area (Å²) in [5.74, 6) is 6.66. The van der Waals surface area contributed by atoms with Crippen LogP contribution in [0.15, 0.2) is 18.2 Å². The van der Waals surface area contributed by atoms with E-state index in [4.69, 9.17) is 10.6 Å². The average Bonchev–Trinajstić information content (AvgIpc) is 2.18. The highest BCUT2D eigenvalue weighted by Gasteiger charge is 2.01. The lowest BCUT2D eigenvalue weighted by atomic mass is 10.3. The molecular formula is C9H16N4O. The van der Waals surface area contributed by atoms with Crippen molar-refractivity contribution >= 4 is 11.6 Å². The van der Waals surface area contributed by atoms with Gasteiger partial charge in [-0.1, -0.05) is 6.07 Å². The number of nitrogens with zero attached hydrogens (tertiary/aromatic N) is 1. The van der Waals surface area contributed by atoms with E-state index < -0.39 is 0 Å². The van der Waals surface area contributed by atoms with E-state index in [1.54, 1.807) is 13.2 Å².